The summed E-state index contributed by atoms with van der Waals surface area (Å²) < 4.78 is 5.67. The summed E-state index contributed by atoms with van der Waals surface area (Å²) in [5.41, 5.74) is 2.55. The van der Waals surface area contributed by atoms with E-state index in [1.54, 1.807) is 0 Å². The highest BCUT2D eigenvalue weighted by atomic mass is 16.6. The number of rotatable bonds is 6. The van der Waals surface area contributed by atoms with Crippen molar-refractivity contribution >= 4 is 12.4 Å². The van der Waals surface area contributed by atoms with Crippen molar-refractivity contribution in [2.75, 3.05) is 0 Å². The number of carbonyl (C=O) groups is 1. The van der Waals surface area contributed by atoms with Crippen molar-refractivity contribution in [3.8, 4) is 0 Å². The molecule has 0 aromatic heterocycles. The Morgan fingerprint density at radius 3 is 2.08 bits per heavy atom. The topological polar surface area (TPSA) is 55.4 Å². The quantitative estimate of drug-likeness (QED) is 0.795. The fourth-order valence-electron chi connectivity index (χ4n) is 2.90. The van der Waals surface area contributed by atoms with Gasteiger partial charge in [-0.25, -0.2) is 4.79 Å². The Kier molecular flexibility index (Phi) is 5.99. The van der Waals surface area contributed by atoms with E-state index in [9.17, 15) is 9.59 Å². The molecule has 4 heteroatoms. The van der Waals surface area contributed by atoms with E-state index in [-0.39, 0.29) is 0 Å². The zero-order valence-electron chi connectivity index (χ0n) is 14.3. The van der Waals surface area contributed by atoms with Gasteiger partial charge >= 0.3 is 6.09 Å². The molecule has 0 aliphatic heterocycles. The van der Waals surface area contributed by atoms with Crippen molar-refractivity contribution in [3.63, 3.8) is 0 Å². The van der Waals surface area contributed by atoms with Gasteiger partial charge in [0.1, 0.15) is 6.04 Å². The lowest BCUT2D eigenvalue weighted by Gasteiger charge is -2.21. The summed E-state index contributed by atoms with van der Waals surface area (Å²) in [4.78, 5) is 23.8. The van der Waals surface area contributed by atoms with Gasteiger partial charge in [0.15, 0.2) is 6.10 Å². The summed E-state index contributed by atoms with van der Waals surface area (Å²) in [5.74, 6) is 0. The zero-order valence-corrected chi connectivity index (χ0v) is 14.3. The lowest BCUT2D eigenvalue weighted by atomic mass is 9.99. The highest BCUT2D eigenvalue weighted by molar-refractivity contribution is 5.76. The first-order chi connectivity index (χ1) is 12.8. The van der Waals surface area contributed by atoms with Crippen LogP contribution in [0.25, 0.3) is 0 Å². The number of amides is 1. The van der Waals surface area contributed by atoms with Crippen molar-refractivity contribution in [1.29, 1.82) is 0 Å². The molecule has 0 fully saturated rings. The number of allylic oxidation sites excluding steroid dienone is 3. The molecule has 2 aromatic rings. The van der Waals surface area contributed by atoms with E-state index in [0.717, 1.165) is 23.1 Å². The van der Waals surface area contributed by atoms with E-state index in [1.165, 1.54) is 0 Å². The third kappa shape index (κ3) is 4.48. The highest BCUT2D eigenvalue weighted by Crippen LogP contribution is 2.26. The van der Waals surface area contributed by atoms with Gasteiger partial charge in [0.2, 0.25) is 6.29 Å². The lowest BCUT2D eigenvalue weighted by molar-refractivity contribution is 0.116. The van der Waals surface area contributed by atoms with Gasteiger partial charge in [0.25, 0.3) is 0 Å². The molecule has 0 spiro atoms. The van der Waals surface area contributed by atoms with Crippen molar-refractivity contribution in [2.24, 2.45) is 0 Å². The van der Waals surface area contributed by atoms with Gasteiger partial charge in [0.05, 0.1) is 0 Å². The predicted molar refractivity (Wildman–Crippen MR) is 100 cm³/mol. The van der Waals surface area contributed by atoms with Crippen molar-refractivity contribution < 1.29 is 14.3 Å². The van der Waals surface area contributed by atoms with Crippen molar-refractivity contribution in [2.45, 2.75) is 25.0 Å². The summed E-state index contributed by atoms with van der Waals surface area (Å²) in [5, 5.41) is 2.62. The van der Waals surface area contributed by atoms with Gasteiger partial charge in [-0.1, -0.05) is 78.9 Å². The molecule has 0 bridgehead atoms. The van der Waals surface area contributed by atoms with Gasteiger partial charge in [-0.05, 0) is 29.5 Å². The van der Waals surface area contributed by atoms with Crippen molar-refractivity contribution in [3.05, 3.63) is 95.6 Å². The number of benzene rings is 2. The van der Waals surface area contributed by atoms with Gasteiger partial charge in [0, 0.05) is 0 Å². The molecule has 3 rings (SSSR count). The minimum absolute atomic E-state index is 0.551. The lowest BCUT2D eigenvalue weighted by Crippen LogP contribution is -2.38. The second-order valence-corrected chi connectivity index (χ2v) is 5.99. The minimum atomic E-state index is -0.792. The summed E-state index contributed by atoms with van der Waals surface area (Å²) in [7, 11) is 0. The van der Waals surface area contributed by atoms with E-state index >= 15 is 0 Å². The molecule has 1 aliphatic rings. The predicted octanol–water partition coefficient (Wildman–Crippen LogP) is 4.26. The first-order valence-corrected chi connectivity index (χ1v) is 8.56. The van der Waals surface area contributed by atoms with Crippen LogP contribution in [0.1, 0.15) is 30.1 Å². The number of ether oxygens (including phenoxy) is 1. The maximum Gasteiger partial charge on any atom is 0.408 e. The Labute approximate surface area is 153 Å². The van der Waals surface area contributed by atoms with Crippen LogP contribution < -0.4 is 5.32 Å². The third-order valence-electron chi connectivity index (χ3n) is 4.22. The van der Waals surface area contributed by atoms with Crippen LogP contribution in [-0.2, 0) is 9.53 Å². The maximum atomic E-state index is 12.5. The molecule has 0 heterocycles. The highest BCUT2D eigenvalue weighted by Gasteiger charge is 2.23. The number of nitrogens with one attached hydrogen (secondary N) is 1. The molecule has 4 nitrogen and oxygen atoms in total. The van der Waals surface area contributed by atoms with Crippen LogP contribution in [0.2, 0.25) is 0 Å². The fourth-order valence-corrected chi connectivity index (χ4v) is 2.90. The molecule has 1 amide bonds. The van der Waals surface area contributed by atoms with Crippen LogP contribution in [0.15, 0.2) is 84.5 Å². The van der Waals surface area contributed by atoms with Gasteiger partial charge in [-0.2, -0.15) is 0 Å². The molecule has 1 radical (unpaired) electrons. The standard InChI is InChI=1S/C22H20NO3/c24-16-20(17-10-4-1-5-11-17)23-22(25)26-21(18-12-6-2-7-13-18)19-14-8-3-9-15-19/h1-4,6-9,11-15,20-21H,5,10H2,(H,23,25). The number of hydrogen-bond donors (Lipinski definition) is 1. The van der Waals surface area contributed by atoms with Gasteiger partial charge < -0.3 is 10.1 Å². The van der Waals surface area contributed by atoms with E-state index < -0.39 is 18.2 Å². The molecule has 1 atom stereocenters. The molecule has 2 aromatic carbocycles. The molecule has 1 N–H and O–H groups in total. The fraction of sp³-hybridized carbons (Fsp3) is 0.182. The summed E-state index contributed by atoms with van der Waals surface area (Å²) in [6.45, 7) is 0. The van der Waals surface area contributed by atoms with Crippen LogP contribution in [0.4, 0.5) is 4.79 Å². The van der Waals surface area contributed by atoms with Crippen LogP contribution >= 0.6 is 0 Å². The maximum absolute atomic E-state index is 12.5. The first kappa shape index (κ1) is 17.7. The number of hydrogen-bond acceptors (Lipinski definition) is 3. The Morgan fingerprint density at radius 1 is 0.962 bits per heavy atom. The van der Waals surface area contributed by atoms with Gasteiger partial charge in [-0.15, -0.1) is 0 Å². The molecule has 0 saturated heterocycles. The summed E-state index contributed by atoms with van der Waals surface area (Å²) in [6, 6.07) is 18.2. The molecule has 26 heavy (non-hydrogen) atoms. The van der Waals surface area contributed by atoms with Crippen LogP contribution in [0.5, 0.6) is 0 Å². The van der Waals surface area contributed by atoms with E-state index in [0.29, 0.717) is 6.42 Å². The normalized spacial score (nSPS) is 14.4. The Bertz CT molecular complexity index is 757. The van der Waals surface area contributed by atoms with E-state index in [1.807, 2.05) is 85.2 Å². The van der Waals surface area contributed by atoms with Crippen LogP contribution in [0.3, 0.4) is 0 Å². The van der Waals surface area contributed by atoms with E-state index in [2.05, 4.69) is 5.32 Å². The Morgan fingerprint density at radius 2 is 1.58 bits per heavy atom. The summed E-state index contributed by atoms with van der Waals surface area (Å²) >= 11 is 0. The second kappa shape index (κ2) is 8.81. The molecule has 131 valence electrons. The Balaban J connectivity index is 1.75. The SMILES string of the molecule is O=[C]C(NC(=O)OC(c1ccccc1)c1ccccc1)C1=CCC=CC1. The zero-order chi connectivity index (χ0) is 18.2. The van der Waals surface area contributed by atoms with Crippen molar-refractivity contribution in [1.82, 2.24) is 5.32 Å². The third-order valence-corrected chi connectivity index (χ3v) is 4.22. The number of alkyl carbamates (subject to hydrolysis) is 1. The second-order valence-electron chi connectivity index (χ2n) is 5.99. The average Bonchev–Trinajstić information content (AvgIpc) is 2.72. The largest absolute Gasteiger partial charge is 0.436 e. The molecular weight excluding hydrogens is 326 g/mol. The number of carbonyl (C=O) groups excluding carboxylic acids is 2. The monoisotopic (exact) mass is 346 g/mol. The molecule has 1 aliphatic carbocycles. The Hall–Kier alpha value is -3.14. The van der Waals surface area contributed by atoms with Gasteiger partial charge in [-0.3, -0.25) is 4.79 Å². The molecule has 1 unspecified atom stereocenters. The summed E-state index contributed by atoms with van der Waals surface area (Å²) in [6.07, 6.45) is 8.00. The average molecular weight is 346 g/mol. The van der Waals surface area contributed by atoms with Crippen LogP contribution in [-0.4, -0.2) is 18.4 Å². The van der Waals surface area contributed by atoms with Crippen LogP contribution in [0, 0.1) is 0 Å². The molecule has 0 saturated carbocycles. The first-order valence-electron chi connectivity index (χ1n) is 8.56. The minimum Gasteiger partial charge on any atom is -0.436 e. The molecular formula is C22H20NO3. The smallest absolute Gasteiger partial charge is 0.408 e. The van der Waals surface area contributed by atoms with E-state index in [4.69, 9.17) is 4.74 Å².